The van der Waals surface area contributed by atoms with E-state index < -0.39 is 0 Å². The van der Waals surface area contributed by atoms with Crippen LogP contribution in [0.25, 0.3) is 0 Å². The lowest BCUT2D eigenvalue weighted by Crippen LogP contribution is -2.50. The first kappa shape index (κ1) is 10.9. The van der Waals surface area contributed by atoms with Gasteiger partial charge >= 0.3 is 0 Å². The van der Waals surface area contributed by atoms with Crippen LogP contribution in [-0.4, -0.2) is 29.4 Å². The second-order valence-corrected chi connectivity index (χ2v) is 5.41. The third-order valence-electron chi connectivity index (χ3n) is 4.33. The second-order valence-electron chi connectivity index (χ2n) is 5.41. The molecule has 0 spiro atoms. The van der Waals surface area contributed by atoms with E-state index in [9.17, 15) is 4.79 Å². The van der Waals surface area contributed by atoms with Gasteiger partial charge in [-0.25, -0.2) is 0 Å². The molecule has 0 aromatic rings. The predicted molar refractivity (Wildman–Crippen MR) is 60.3 cm³/mol. The average Bonchev–Trinajstić information content (AvgIpc) is 2.75. The smallest absolute Gasteiger partial charge is 0.230 e. The number of nitrogens with zero attached hydrogens (tertiary/aromatic N) is 1. The first-order valence-corrected chi connectivity index (χ1v) is 6.12. The summed E-state index contributed by atoms with van der Waals surface area (Å²) in [6.45, 7) is 5.13. The summed E-state index contributed by atoms with van der Waals surface area (Å²) in [6.07, 6.45) is 5.38. The monoisotopic (exact) mass is 210 g/mol. The highest BCUT2D eigenvalue weighted by molar-refractivity contribution is 5.84. The summed E-state index contributed by atoms with van der Waals surface area (Å²) in [5, 5.41) is 0. The van der Waals surface area contributed by atoms with Crippen LogP contribution >= 0.6 is 0 Å². The van der Waals surface area contributed by atoms with Gasteiger partial charge in [-0.3, -0.25) is 4.79 Å². The summed E-state index contributed by atoms with van der Waals surface area (Å²) in [6, 6.07) is 0.486. The van der Waals surface area contributed by atoms with E-state index >= 15 is 0 Å². The molecular weight excluding hydrogens is 188 g/mol. The number of nitrogens with two attached hydrogens (primary N) is 1. The Labute approximate surface area is 92.0 Å². The molecule has 0 aromatic carbocycles. The summed E-state index contributed by atoms with van der Waals surface area (Å²) in [5.41, 5.74) is 5.80. The number of hydrogen-bond donors (Lipinski definition) is 1. The Hall–Kier alpha value is -0.570. The molecule has 1 amide bonds. The van der Waals surface area contributed by atoms with Gasteiger partial charge in [0.05, 0.1) is 5.41 Å². The van der Waals surface area contributed by atoms with Crippen LogP contribution in [0.4, 0.5) is 0 Å². The van der Waals surface area contributed by atoms with Crippen molar-refractivity contribution in [3.8, 4) is 0 Å². The number of carbonyl (C=O) groups excluding carboxylic acids is 1. The fourth-order valence-electron chi connectivity index (χ4n) is 3.02. The standard InChI is InChI=1S/C12H22N2O/c1-9-5-4-8-14(9)11(15)12(2)7-3-6-10(12)13/h9-10H,3-8,13H2,1-2H3. The van der Waals surface area contributed by atoms with Crippen molar-refractivity contribution < 1.29 is 4.79 Å². The Morgan fingerprint density at radius 2 is 2.13 bits per heavy atom. The SMILES string of the molecule is CC1CCCN1C(=O)C1(C)CCCC1N. The fourth-order valence-corrected chi connectivity index (χ4v) is 3.02. The van der Waals surface area contributed by atoms with E-state index in [1.807, 2.05) is 4.90 Å². The minimum absolute atomic E-state index is 0.0674. The number of amides is 1. The molecule has 3 nitrogen and oxygen atoms in total. The molecule has 3 atom stereocenters. The van der Waals surface area contributed by atoms with Gasteiger partial charge in [-0.15, -0.1) is 0 Å². The lowest BCUT2D eigenvalue weighted by atomic mass is 9.83. The molecule has 1 aliphatic carbocycles. The van der Waals surface area contributed by atoms with Gasteiger partial charge in [0.25, 0.3) is 0 Å². The lowest BCUT2D eigenvalue weighted by molar-refractivity contribution is -0.142. The minimum Gasteiger partial charge on any atom is -0.339 e. The predicted octanol–water partition coefficient (Wildman–Crippen LogP) is 1.51. The van der Waals surface area contributed by atoms with Crippen molar-refractivity contribution in [2.45, 2.75) is 58.0 Å². The lowest BCUT2D eigenvalue weighted by Gasteiger charge is -2.34. The van der Waals surface area contributed by atoms with E-state index in [1.54, 1.807) is 0 Å². The number of hydrogen-bond acceptors (Lipinski definition) is 2. The maximum atomic E-state index is 12.4. The molecule has 0 bridgehead atoms. The van der Waals surface area contributed by atoms with Crippen molar-refractivity contribution >= 4 is 5.91 Å². The van der Waals surface area contributed by atoms with Gasteiger partial charge in [0, 0.05) is 18.6 Å². The molecule has 2 fully saturated rings. The highest BCUT2D eigenvalue weighted by atomic mass is 16.2. The Morgan fingerprint density at radius 1 is 1.40 bits per heavy atom. The second kappa shape index (κ2) is 3.78. The van der Waals surface area contributed by atoms with Crippen molar-refractivity contribution in [1.29, 1.82) is 0 Å². The minimum atomic E-state index is -0.279. The quantitative estimate of drug-likeness (QED) is 0.713. The summed E-state index contributed by atoms with van der Waals surface area (Å²) >= 11 is 0. The van der Waals surface area contributed by atoms with E-state index in [0.717, 1.165) is 38.6 Å². The largest absolute Gasteiger partial charge is 0.339 e. The molecule has 1 saturated carbocycles. The van der Waals surface area contributed by atoms with Crippen LogP contribution in [0.3, 0.4) is 0 Å². The molecule has 3 heteroatoms. The van der Waals surface area contributed by atoms with Crippen molar-refractivity contribution in [3.63, 3.8) is 0 Å². The van der Waals surface area contributed by atoms with Crippen molar-refractivity contribution in [1.82, 2.24) is 4.90 Å². The highest BCUT2D eigenvalue weighted by Crippen LogP contribution is 2.39. The number of carbonyl (C=O) groups is 1. The molecule has 2 rings (SSSR count). The van der Waals surface area contributed by atoms with Gasteiger partial charge in [-0.2, -0.15) is 0 Å². The first-order chi connectivity index (χ1) is 7.05. The molecule has 86 valence electrons. The molecule has 1 saturated heterocycles. The van der Waals surface area contributed by atoms with E-state index in [-0.39, 0.29) is 11.5 Å². The Morgan fingerprint density at radius 3 is 2.60 bits per heavy atom. The van der Waals surface area contributed by atoms with Crippen LogP contribution in [-0.2, 0) is 4.79 Å². The summed E-state index contributed by atoms with van der Waals surface area (Å²) in [7, 11) is 0. The maximum absolute atomic E-state index is 12.4. The zero-order valence-corrected chi connectivity index (χ0v) is 9.83. The molecule has 15 heavy (non-hydrogen) atoms. The topological polar surface area (TPSA) is 46.3 Å². The average molecular weight is 210 g/mol. The Balaban J connectivity index is 2.12. The number of likely N-dealkylation sites (tertiary alicyclic amines) is 1. The summed E-state index contributed by atoms with van der Waals surface area (Å²) < 4.78 is 0. The Kier molecular flexibility index (Phi) is 2.75. The van der Waals surface area contributed by atoms with Crippen LogP contribution in [0.15, 0.2) is 0 Å². The van der Waals surface area contributed by atoms with Gasteiger partial charge in [0.2, 0.25) is 5.91 Å². The third-order valence-corrected chi connectivity index (χ3v) is 4.33. The van der Waals surface area contributed by atoms with Gasteiger partial charge in [0.1, 0.15) is 0 Å². The van der Waals surface area contributed by atoms with Crippen LogP contribution in [0.5, 0.6) is 0 Å². The van der Waals surface area contributed by atoms with Gasteiger partial charge in [0.15, 0.2) is 0 Å². The molecule has 0 aromatic heterocycles. The molecule has 2 N–H and O–H groups in total. The molecule has 2 aliphatic rings. The van der Waals surface area contributed by atoms with Crippen molar-refractivity contribution in [3.05, 3.63) is 0 Å². The highest BCUT2D eigenvalue weighted by Gasteiger charge is 2.46. The fraction of sp³-hybridized carbons (Fsp3) is 0.917. The number of rotatable bonds is 1. The van der Waals surface area contributed by atoms with Crippen LogP contribution in [0.2, 0.25) is 0 Å². The van der Waals surface area contributed by atoms with E-state index in [0.29, 0.717) is 11.9 Å². The Bertz CT molecular complexity index is 266. The van der Waals surface area contributed by atoms with E-state index in [4.69, 9.17) is 5.73 Å². The first-order valence-electron chi connectivity index (χ1n) is 6.12. The molecular formula is C12H22N2O. The maximum Gasteiger partial charge on any atom is 0.230 e. The molecule has 1 heterocycles. The van der Waals surface area contributed by atoms with Crippen LogP contribution < -0.4 is 5.73 Å². The van der Waals surface area contributed by atoms with Gasteiger partial charge in [-0.05, 0) is 39.5 Å². The third kappa shape index (κ3) is 1.67. The van der Waals surface area contributed by atoms with Crippen molar-refractivity contribution in [2.24, 2.45) is 11.1 Å². The zero-order valence-electron chi connectivity index (χ0n) is 9.83. The summed E-state index contributed by atoms with van der Waals surface area (Å²) in [4.78, 5) is 14.5. The van der Waals surface area contributed by atoms with Crippen LogP contribution in [0, 0.1) is 5.41 Å². The van der Waals surface area contributed by atoms with Gasteiger partial charge < -0.3 is 10.6 Å². The summed E-state index contributed by atoms with van der Waals surface area (Å²) in [5.74, 6) is 0.303. The van der Waals surface area contributed by atoms with Crippen molar-refractivity contribution in [2.75, 3.05) is 6.54 Å². The normalized spacial score (nSPS) is 41.1. The van der Waals surface area contributed by atoms with Gasteiger partial charge in [-0.1, -0.05) is 6.42 Å². The van der Waals surface area contributed by atoms with Crippen LogP contribution in [0.1, 0.15) is 46.0 Å². The molecule has 1 aliphatic heterocycles. The van der Waals surface area contributed by atoms with E-state index in [1.165, 1.54) is 0 Å². The zero-order chi connectivity index (χ0) is 11.1. The molecule has 0 radical (unpaired) electrons. The molecule has 3 unspecified atom stereocenters. The van der Waals surface area contributed by atoms with E-state index in [2.05, 4.69) is 13.8 Å².